The predicted molar refractivity (Wildman–Crippen MR) is 225 cm³/mol. The van der Waals surface area contributed by atoms with Crippen LogP contribution in [0.4, 0.5) is 0 Å². The number of hydrogen-bond acceptors (Lipinski definition) is 9. The minimum absolute atomic E-state index is 0.000295. The molecule has 324 valence electrons. The largest absolute Gasteiger partial charge is 0.463 e. The van der Waals surface area contributed by atoms with E-state index in [1.165, 1.54) is 0 Å². The van der Waals surface area contributed by atoms with E-state index in [9.17, 15) is 24.0 Å². The normalized spacial score (nSPS) is 36.3. The van der Waals surface area contributed by atoms with Crippen molar-refractivity contribution in [1.29, 1.82) is 0 Å². The van der Waals surface area contributed by atoms with E-state index >= 15 is 0 Å². The number of carbonyl (C=O) groups excluding carboxylic acids is 5. The summed E-state index contributed by atoms with van der Waals surface area (Å²) in [7, 11) is 0. The van der Waals surface area contributed by atoms with Crippen LogP contribution in [0.1, 0.15) is 144 Å². The number of benzene rings is 1. The van der Waals surface area contributed by atoms with Gasteiger partial charge < -0.3 is 25.6 Å². The van der Waals surface area contributed by atoms with Crippen LogP contribution in [0.5, 0.6) is 0 Å². The number of esters is 2. The highest BCUT2D eigenvalue weighted by Gasteiger charge is 2.69. The van der Waals surface area contributed by atoms with Crippen LogP contribution in [-0.2, 0) is 39.0 Å². The van der Waals surface area contributed by atoms with Crippen LogP contribution < -0.4 is 11.1 Å². The van der Waals surface area contributed by atoms with Gasteiger partial charge in [0.1, 0.15) is 12.7 Å². The van der Waals surface area contributed by atoms with Gasteiger partial charge >= 0.3 is 11.9 Å². The highest BCUT2D eigenvalue weighted by Crippen LogP contribution is 2.69. The van der Waals surface area contributed by atoms with Crippen LogP contribution in [0.15, 0.2) is 35.4 Å². The van der Waals surface area contributed by atoms with Gasteiger partial charge in [-0.05, 0) is 160 Å². The van der Waals surface area contributed by atoms with Crippen molar-refractivity contribution in [3.8, 4) is 0 Å². The predicted octanol–water partition coefficient (Wildman–Crippen LogP) is 7.94. The molecule has 2 bridgehead atoms. The molecule has 1 amide bonds. The molecule has 1 aromatic rings. The average molecular weight is 836 g/mol. The number of Topliss-reactive ketones (excluding diaryl/α,β-unsaturated/α-hetero) is 2. The maximum Gasteiger partial charge on any atom is 0.312 e. The quantitative estimate of drug-likeness (QED) is 0.148. The lowest BCUT2D eigenvalue weighted by Crippen LogP contribution is -2.67. The summed E-state index contributed by atoms with van der Waals surface area (Å²) in [6.07, 6.45) is 9.22. The van der Waals surface area contributed by atoms with E-state index in [0.717, 1.165) is 68.9 Å². The number of carbonyl (C=O) groups is 5. The van der Waals surface area contributed by atoms with Crippen LogP contribution in [0, 0.1) is 51.2 Å². The topological polar surface area (TPSA) is 162 Å². The van der Waals surface area contributed by atoms with Gasteiger partial charge in [-0.15, -0.1) is 0 Å². The third-order valence-electron chi connectivity index (χ3n) is 16.7. The molecule has 0 aliphatic heterocycles. The van der Waals surface area contributed by atoms with Crippen LogP contribution in [0.3, 0.4) is 0 Å². The number of nitrogens with two attached hydrogens (primary N) is 1. The zero-order valence-electron chi connectivity index (χ0n) is 36.3. The molecule has 0 radical (unpaired) electrons. The minimum Gasteiger partial charge on any atom is -0.463 e. The Bertz CT molecular complexity index is 1900. The standard InChI is InChI=1S/C48H67ClN2O8/c1-28(2)38-33(53)26-46(40(55)41(56)51-47(22-23-47)31-8-10-32(49)11-9-31)20-15-36-45(7)19-13-30-12-17-44(6,35(45)16-21-48(36,50)39(38)46)18-14-34(29(30)3)59-37(54)27-43(4,5)42(57)58-25-24-52/h8-11,28-30,34-36,52H,12-27,50H2,1-7H3,(H,51,56). The fraction of sp³-hybridized carbons (Fsp3) is 0.729. The molecule has 4 N–H and O–H groups in total. The number of ether oxygens (including phenoxy) is 2. The first-order valence-electron chi connectivity index (χ1n) is 22.3. The molecular weight excluding hydrogens is 768 g/mol. The lowest BCUT2D eigenvalue weighted by molar-refractivity contribution is -0.168. The molecule has 7 rings (SSSR count). The summed E-state index contributed by atoms with van der Waals surface area (Å²) in [6, 6.07) is 7.41. The van der Waals surface area contributed by atoms with Crippen molar-refractivity contribution in [2.24, 2.45) is 57.0 Å². The average Bonchev–Trinajstić information content (AvgIpc) is 3.87. The lowest BCUT2D eigenvalue weighted by atomic mass is 9.40. The van der Waals surface area contributed by atoms with Crippen molar-refractivity contribution in [1.82, 2.24) is 5.32 Å². The molecular formula is C48H67ClN2O8. The number of halogens is 1. The Morgan fingerprint density at radius 3 is 2.22 bits per heavy atom. The van der Waals surface area contributed by atoms with Crippen LogP contribution >= 0.6 is 11.6 Å². The fourth-order valence-electron chi connectivity index (χ4n) is 13.4. The van der Waals surface area contributed by atoms with E-state index < -0.39 is 45.5 Å². The zero-order valence-corrected chi connectivity index (χ0v) is 37.1. The van der Waals surface area contributed by atoms with Crippen molar-refractivity contribution in [3.63, 3.8) is 0 Å². The Balaban J connectivity index is 1.15. The number of allylic oxidation sites excluding steroid dienone is 1. The lowest BCUT2D eigenvalue weighted by Gasteiger charge is -2.66. The number of ketones is 2. The Kier molecular flexibility index (Phi) is 11.7. The smallest absolute Gasteiger partial charge is 0.312 e. The first-order valence-corrected chi connectivity index (χ1v) is 22.7. The Morgan fingerprint density at radius 1 is 0.932 bits per heavy atom. The van der Waals surface area contributed by atoms with E-state index in [2.05, 4.69) is 26.1 Å². The number of aliphatic hydroxyl groups excluding tert-OH is 1. The zero-order chi connectivity index (χ0) is 42.9. The molecule has 5 fully saturated rings. The van der Waals surface area contributed by atoms with Crippen molar-refractivity contribution >= 4 is 41.0 Å². The Labute approximate surface area is 355 Å². The van der Waals surface area contributed by atoms with Crippen LogP contribution in [-0.4, -0.2) is 59.4 Å². The number of nitrogens with one attached hydrogen (secondary N) is 1. The maximum absolute atomic E-state index is 14.9. The monoisotopic (exact) mass is 834 g/mol. The van der Waals surface area contributed by atoms with Gasteiger partial charge in [-0.25, -0.2) is 0 Å². The number of hydrogen-bond donors (Lipinski definition) is 3. The third kappa shape index (κ3) is 7.53. The highest BCUT2D eigenvalue weighted by atomic mass is 35.5. The summed E-state index contributed by atoms with van der Waals surface area (Å²) in [5.41, 5.74) is 6.14. The molecule has 6 aliphatic carbocycles. The van der Waals surface area contributed by atoms with E-state index in [-0.39, 0.29) is 66.5 Å². The van der Waals surface area contributed by atoms with Crippen LogP contribution in [0.2, 0.25) is 5.02 Å². The van der Waals surface area contributed by atoms with Gasteiger partial charge in [0.15, 0.2) is 5.78 Å². The molecule has 9 atom stereocenters. The summed E-state index contributed by atoms with van der Waals surface area (Å²) >= 11 is 6.17. The molecule has 5 saturated carbocycles. The van der Waals surface area contributed by atoms with Gasteiger partial charge in [0.25, 0.3) is 5.91 Å². The van der Waals surface area contributed by atoms with Gasteiger partial charge in [-0.1, -0.05) is 58.4 Å². The van der Waals surface area contributed by atoms with Crippen LogP contribution in [0.25, 0.3) is 0 Å². The molecule has 0 heterocycles. The number of amides is 1. The minimum atomic E-state index is -1.25. The van der Waals surface area contributed by atoms with Crippen molar-refractivity contribution < 1.29 is 38.6 Å². The number of fused-ring (bicyclic) bond motifs is 9. The molecule has 9 unspecified atom stereocenters. The first-order chi connectivity index (χ1) is 27.7. The molecule has 59 heavy (non-hydrogen) atoms. The van der Waals surface area contributed by atoms with E-state index in [4.69, 9.17) is 31.9 Å². The third-order valence-corrected chi connectivity index (χ3v) is 16.9. The van der Waals surface area contributed by atoms with Crippen molar-refractivity contribution in [2.45, 2.75) is 156 Å². The van der Waals surface area contributed by atoms with Gasteiger partial charge in [-0.2, -0.15) is 0 Å². The molecule has 10 nitrogen and oxygen atoms in total. The van der Waals surface area contributed by atoms with E-state index in [1.54, 1.807) is 26.0 Å². The summed E-state index contributed by atoms with van der Waals surface area (Å²) in [5, 5.41) is 12.8. The molecule has 1 aromatic carbocycles. The summed E-state index contributed by atoms with van der Waals surface area (Å²) in [4.78, 5) is 69.4. The molecule has 6 aliphatic rings. The number of aliphatic hydroxyl groups is 1. The molecule has 0 aromatic heterocycles. The summed E-state index contributed by atoms with van der Waals surface area (Å²) < 4.78 is 11.4. The first kappa shape index (κ1) is 44.0. The van der Waals surface area contributed by atoms with Gasteiger partial charge in [0, 0.05) is 17.0 Å². The summed E-state index contributed by atoms with van der Waals surface area (Å²) in [6.45, 7) is 14.0. The van der Waals surface area contributed by atoms with E-state index in [0.29, 0.717) is 41.7 Å². The fourth-order valence-corrected chi connectivity index (χ4v) is 13.5. The van der Waals surface area contributed by atoms with Crippen molar-refractivity contribution in [2.75, 3.05) is 13.2 Å². The Hall–Kier alpha value is -3.08. The second-order valence-corrected chi connectivity index (χ2v) is 21.5. The van der Waals surface area contributed by atoms with E-state index in [1.807, 2.05) is 26.0 Å². The molecule has 11 heteroatoms. The van der Waals surface area contributed by atoms with Gasteiger partial charge in [0.2, 0.25) is 5.78 Å². The highest BCUT2D eigenvalue weighted by molar-refractivity contribution is 6.40. The number of rotatable bonds is 11. The summed E-state index contributed by atoms with van der Waals surface area (Å²) in [5.74, 6) is -1.53. The molecule has 0 saturated heterocycles. The second-order valence-electron chi connectivity index (χ2n) is 21.1. The van der Waals surface area contributed by atoms with Gasteiger partial charge in [-0.3, -0.25) is 24.0 Å². The second kappa shape index (κ2) is 15.7. The maximum atomic E-state index is 14.9. The van der Waals surface area contributed by atoms with Gasteiger partial charge in [0.05, 0.1) is 29.4 Å². The Morgan fingerprint density at radius 2 is 1.58 bits per heavy atom. The molecule has 0 spiro atoms. The van der Waals surface area contributed by atoms with Crippen molar-refractivity contribution in [3.05, 3.63) is 46.0 Å². The SMILES string of the molecule is CC(C)C1=C2C(C(=O)C(=O)NC3(c4ccc(Cl)cc4)CC3)(CCC3C2(N)CCC2C4(C)CCC(CCC23C)C(C)C(OC(=O)CC(C)(C)C(=O)OCCO)CC4)CC1=O.